The van der Waals surface area contributed by atoms with Crippen molar-refractivity contribution in [3.63, 3.8) is 0 Å². The van der Waals surface area contributed by atoms with Gasteiger partial charge in [-0.15, -0.1) is 17.9 Å². The fourth-order valence-electron chi connectivity index (χ4n) is 2.61. The van der Waals surface area contributed by atoms with Crippen LogP contribution in [0, 0.1) is 0 Å². The Kier molecular flexibility index (Phi) is 4.25. The number of carbonyl (C=O) groups is 1. The van der Waals surface area contributed by atoms with Crippen molar-refractivity contribution in [2.45, 2.75) is 6.54 Å². The van der Waals surface area contributed by atoms with Gasteiger partial charge in [-0.25, -0.2) is 4.98 Å². The summed E-state index contributed by atoms with van der Waals surface area (Å²) in [6.45, 7) is 4.32. The SMILES string of the molecule is C=CCn1c(=NC(=O)c2ccc3ncsc3c2)sc2cccc(Cl)c21. The van der Waals surface area contributed by atoms with Crippen LogP contribution >= 0.6 is 34.3 Å². The fraction of sp³-hybridized carbons (Fsp3) is 0.0556. The van der Waals surface area contributed by atoms with Gasteiger partial charge in [-0.05, 0) is 30.3 Å². The van der Waals surface area contributed by atoms with Crippen LogP contribution in [0.25, 0.3) is 20.4 Å². The zero-order valence-electron chi connectivity index (χ0n) is 13.0. The highest BCUT2D eigenvalue weighted by Gasteiger charge is 2.11. The Morgan fingerprint density at radius 1 is 1.32 bits per heavy atom. The molecule has 124 valence electrons. The molecule has 7 heteroatoms. The van der Waals surface area contributed by atoms with E-state index in [4.69, 9.17) is 11.6 Å². The zero-order chi connectivity index (χ0) is 17.4. The number of hydrogen-bond donors (Lipinski definition) is 0. The van der Waals surface area contributed by atoms with Gasteiger partial charge in [0.15, 0.2) is 4.80 Å². The summed E-state index contributed by atoms with van der Waals surface area (Å²) in [4.78, 5) is 21.8. The Bertz CT molecular complexity index is 1190. The predicted molar refractivity (Wildman–Crippen MR) is 105 cm³/mol. The molecule has 0 aliphatic rings. The second-order valence-electron chi connectivity index (χ2n) is 5.32. The molecule has 0 atom stereocenters. The number of hydrogen-bond acceptors (Lipinski definition) is 4. The lowest BCUT2D eigenvalue weighted by Gasteiger charge is -2.02. The number of fused-ring (bicyclic) bond motifs is 2. The maximum absolute atomic E-state index is 12.6. The molecule has 2 heterocycles. The molecule has 1 amide bonds. The van der Waals surface area contributed by atoms with E-state index < -0.39 is 0 Å². The Balaban J connectivity index is 1.87. The Labute approximate surface area is 156 Å². The van der Waals surface area contributed by atoms with Gasteiger partial charge in [0.2, 0.25) is 0 Å². The van der Waals surface area contributed by atoms with Gasteiger partial charge in [-0.1, -0.05) is 35.1 Å². The standard InChI is InChI=1S/C18H12ClN3OS2/c1-2-8-22-16-12(19)4-3-5-14(16)25-18(22)21-17(23)11-6-7-13-15(9-11)24-10-20-13/h2-7,9-10H,1,8H2. The van der Waals surface area contributed by atoms with E-state index in [9.17, 15) is 4.79 Å². The van der Waals surface area contributed by atoms with Crippen LogP contribution in [0.15, 0.2) is 59.6 Å². The third-order valence-corrected chi connectivity index (χ3v) is 5.88. The van der Waals surface area contributed by atoms with Gasteiger partial charge >= 0.3 is 0 Å². The molecule has 0 fully saturated rings. The number of benzene rings is 2. The number of allylic oxidation sites excluding steroid dienone is 1. The number of rotatable bonds is 3. The third-order valence-electron chi connectivity index (χ3n) is 3.74. The van der Waals surface area contributed by atoms with Crippen molar-refractivity contribution in [1.82, 2.24) is 9.55 Å². The lowest BCUT2D eigenvalue weighted by Crippen LogP contribution is -2.16. The van der Waals surface area contributed by atoms with Crippen molar-refractivity contribution in [2.75, 3.05) is 0 Å². The van der Waals surface area contributed by atoms with Crippen molar-refractivity contribution < 1.29 is 4.79 Å². The highest BCUT2D eigenvalue weighted by atomic mass is 35.5. The number of para-hydroxylation sites is 1. The quantitative estimate of drug-likeness (QED) is 0.471. The minimum absolute atomic E-state index is 0.282. The minimum atomic E-state index is -0.282. The number of nitrogens with zero attached hydrogens (tertiary/aromatic N) is 3. The number of carbonyl (C=O) groups excluding carboxylic acids is 1. The van der Waals surface area contributed by atoms with E-state index in [-0.39, 0.29) is 5.91 Å². The molecule has 0 bridgehead atoms. The molecule has 4 rings (SSSR count). The van der Waals surface area contributed by atoms with Crippen LogP contribution in [-0.4, -0.2) is 15.5 Å². The zero-order valence-corrected chi connectivity index (χ0v) is 15.4. The van der Waals surface area contributed by atoms with Gasteiger partial charge in [0.05, 0.1) is 31.0 Å². The summed E-state index contributed by atoms with van der Waals surface area (Å²) in [6, 6.07) is 11.1. The Morgan fingerprint density at radius 2 is 2.20 bits per heavy atom. The molecule has 4 aromatic rings. The molecule has 0 aliphatic heterocycles. The second-order valence-corrected chi connectivity index (χ2v) is 7.62. The topological polar surface area (TPSA) is 47.2 Å². The molecule has 2 aromatic carbocycles. The van der Waals surface area contributed by atoms with Crippen LogP contribution in [0.2, 0.25) is 5.02 Å². The summed E-state index contributed by atoms with van der Waals surface area (Å²) in [5, 5.41) is 0.635. The van der Waals surface area contributed by atoms with E-state index >= 15 is 0 Å². The molecule has 0 unspecified atom stereocenters. The summed E-state index contributed by atoms with van der Waals surface area (Å²) >= 11 is 9.28. The van der Waals surface area contributed by atoms with Crippen molar-refractivity contribution in [3.05, 3.63) is 70.0 Å². The first-order chi connectivity index (χ1) is 12.2. The second kappa shape index (κ2) is 6.55. The van der Waals surface area contributed by atoms with E-state index in [1.54, 1.807) is 17.7 Å². The maximum Gasteiger partial charge on any atom is 0.279 e. The van der Waals surface area contributed by atoms with E-state index in [0.717, 1.165) is 20.4 Å². The molecule has 0 saturated heterocycles. The van der Waals surface area contributed by atoms with Crippen molar-refractivity contribution in [3.8, 4) is 0 Å². The van der Waals surface area contributed by atoms with Gasteiger partial charge in [-0.3, -0.25) is 4.79 Å². The first kappa shape index (κ1) is 16.2. The first-order valence-corrected chi connectivity index (χ1v) is 9.56. The molecule has 0 N–H and O–H groups in total. The first-order valence-electron chi connectivity index (χ1n) is 7.48. The molecule has 0 aliphatic carbocycles. The van der Waals surface area contributed by atoms with Crippen LogP contribution in [0.4, 0.5) is 0 Å². The van der Waals surface area contributed by atoms with Crippen molar-refractivity contribution in [2.24, 2.45) is 4.99 Å². The van der Waals surface area contributed by atoms with Crippen LogP contribution in [-0.2, 0) is 6.54 Å². The molecule has 25 heavy (non-hydrogen) atoms. The van der Waals surface area contributed by atoms with Gasteiger partial charge in [0.25, 0.3) is 5.91 Å². The molecular weight excluding hydrogens is 374 g/mol. The van der Waals surface area contributed by atoms with E-state index in [1.807, 2.05) is 34.9 Å². The average molecular weight is 386 g/mol. The van der Waals surface area contributed by atoms with Crippen LogP contribution in [0.3, 0.4) is 0 Å². The normalized spacial score (nSPS) is 12.1. The molecule has 0 radical (unpaired) electrons. The monoisotopic (exact) mass is 385 g/mol. The highest BCUT2D eigenvalue weighted by molar-refractivity contribution is 7.17. The molecule has 0 saturated carbocycles. The number of aromatic nitrogens is 2. The van der Waals surface area contributed by atoms with Gasteiger partial charge in [0.1, 0.15) is 0 Å². The van der Waals surface area contributed by atoms with Crippen molar-refractivity contribution >= 4 is 60.6 Å². The van der Waals surface area contributed by atoms with Crippen molar-refractivity contribution in [1.29, 1.82) is 0 Å². The fourth-order valence-corrected chi connectivity index (χ4v) is 4.72. The van der Waals surface area contributed by atoms with Gasteiger partial charge in [-0.2, -0.15) is 4.99 Å². The highest BCUT2D eigenvalue weighted by Crippen LogP contribution is 2.25. The Hall–Kier alpha value is -2.28. The van der Waals surface area contributed by atoms with Crippen LogP contribution in [0.5, 0.6) is 0 Å². The smallest absolute Gasteiger partial charge is 0.279 e. The van der Waals surface area contributed by atoms with Crippen LogP contribution in [0.1, 0.15) is 10.4 Å². The predicted octanol–water partition coefficient (Wildman–Crippen LogP) is 4.89. The summed E-state index contributed by atoms with van der Waals surface area (Å²) in [5.41, 5.74) is 4.07. The summed E-state index contributed by atoms with van der Waals surface area (Å²) < 4.78 is 3.87. The van der Waals surface area contributed by atoms with Crippen LogP contribution < -0.4 is 4.80 Å². The largest absolute Gasteiger partial charge is 0.311 e. The third kappa shape index (κ3) is 2.93. The molecule has 4 nitrogen and oxygen atoms in total. The van der Waals surface area contributed by atoms with E-state index in [2.05, 4.69) is 16.6 Å². The molecule has 2 aromatic heterocycles. The summed E-state index contributed by atoms with van der Waals surface area (Å²) in [7, 11) is 0. The number of halogens is 1. The Morgan fingerprint density at radius 3 is 3.04 bits per heavy atom. The molecule has 0 spiro atoms. The lowest BCUT2D eigenvalue weighted by atomic mass is 10.2. The lowest BCUT2D eigenvalue weighted by molar-refractivity contribution is 0.0998. The minimum Gasteiger partial charge on any atom is -0.311 e. The summed E-state index contributed by atoms with van der Waals surface area (Å²) in [6.07, 6.45) is 1.77. The van der Waals surface area contributed by atoms with Gasteiger partial charge in [0, 0.05) is 12.1 Å². The van der Waals surface area contributed by atoms with E-state index in [1.165, 1.54) is 22.7 Å². The summed E-state index contributed by atoms with van der Waals surface area (Å²) in [5.74, 6) is -0.282. The maximum atomic E-state index is 12.6. The van der Waals surface area contributed by atoms with E-state index in [0.29, 0.717) is 21.9 Å². The number of thiazole rings is 2. The van der Waals surface area contributed by atoms with Gasteiger partial charge < -0.3 is 4.57 Å². The molecular formula is C18H12ClN3OS2. The number of amides is 1. The average Bonchev–Trinajstić information content (AvgIpc) is 3.20.